The fourth-order valence-corrected chi connectivity index (χ4v) is 3.20. The normalized spacial score (nSPS) is 20.5. The maximum atomic E-state index is 6.21. The lowest BCUT2D eigenvalue weighted by Gasteiger charge is -2.21. The largest absolute Gasteiger partial charge is 0.481 e. The van der Waals surface area contributed by atoms with Gasteiger partial charge in [0.25, 0.3) is 0 Å². The maximum Gasteiger partial charge on any atom is 0.213 e. The van der Waals surface area contributed by atoms with Crippen molar-refractivity contribution in [1.82, 2.24) is 14.9 Å². The van der Waals surface area contributed by atoms with Crippen molar-refractivity contribution in [3.05, 3.63) is 54.0 Å². The zero-order chi connectivity index (χ0) is 16.8. The predicted molar refractivity (Wildman–Crippen MR) is 93.0 cm³/mol. The van der Waals surface area contributed by atoms with Crippen molar-refractivity contribution in [2.45, 2.75) is 38.0 Å². The van der Waals surface area contributed by atoms with E-state index in [1.54, 1.807) is 13.3 Å². The summed E-state index contributed by atoms with van der Waals surface area (Å²) < 4.78 is 11.4. The Morgan fingerprint density at radius 1 is 1.21 bits per heavy atom. The fraction of sp³-hybridized carbons (Fsp3) is 0.474. The molecule has 1 fully saturated rings. The average molecular weight is 327 g/mol. The van der Waals surface area contributed by atoms with E-state index in [4.69, 9.17) is 9.47 Å². The van der Waals surface area contributed by atoms with Gasteiger partial charge < -0.3 is 9.47 Å². The van der Waals surface area contributed by atoms with Gasteiger partial charge in [0.05, 0.1) is 19.3 Å². The third-order valence-electron chi connectivity index (χ3n) is 4.31. The summed E-state index contributed by atoms with van der Waals surface area (Å²) >= 11 is 0. The van der Waals surface area contributed by atoms with Crippen LogP contribution in [0, 0.1) is 0 Å². The summed E-state index contributed by atoms with van der Waals surface area (Å²) in [6.45, 7) is 1.84. The SMILES string of the molecule is COc1cccc(C[C@@H]2CC[C@H](CN(C)Cc3cccnc3)O2)n1. The van der Waals surface area contributed by atoms with Crippen molar-refractivity contribution < 1.29 is 9.47 Å². The number of aromatic nitrogens is 2. The van der Waals surface area contributed by atoms with Gasteiger partial charge in [0.2, 0.25) is 5.88 Å². The van der Waals surface area contributed by atoms with Crippen molar-refractivity contribution in [3.63, 3.8) is 0 Å². The van der Waals surface area contributed by atoms with Crippen molar-refractivity contribution in [2.75, 3.05) is 20.7 Å². The van der Waals surface area contributed by atoms with Gasteiger partial charge in [-0.15, -0.1) is 0 Å². The first kappa shape index (κ1) is 16.9. The molecule has 0 amide bonds. The first-order chi connectivity index (χ1) is 11.7. The molecule has 5 heteroatoms. The number of hydrogen-bond acceptors (Lipinski definition) is 5. The Kier molecular flexibility index (Phi) is 5.77. The van der Waals surface area contributed by atoms with E-state index in [0.717, 1.165) is 38.0 Å². The molecule has 2 aromatic rings. The molecule has 0 bridgehead atoms. The summed E-state index contributed by atoms with van der Waals surface area (Å²) in [6, 6.07) is 9.97. The van der Waals surface area contributed by atoms with Gasteiger partial charge in [-0.1, -0.05) is 12.1 Å². The van der Waals surface area contributed by atoms with Crippen LogP contribution in [0.1, 0.15) is 24.1 Å². The van der Waals surface area contributed by atoms with Crippen LogP contribution in [-0.4, -0.2) is 47.8 Å². The molecule has 0 unspecified atom stereocenters. The zero-order valence-corrected chi connectivity index (χ0v) is 14.4. The lowest BCUT2D eigenvalue weighted by Crippen LogP contribution is -2.29. The molecule has 0 saturated carbocycles. The van der Waals surface area contributed by atoms with Crippen LogP contribution in [0.3, 0.4) is 0 Å². The van der Waals surface area contributed by atoms with E-state index in [1.165, 1.54) is 5.56 Å². The molecule has 0 N–H and O–H groups in total. The summed E-state index contributed by atoms with van der Waals surface area (Å²) in [6.07, 6.45) is 7.31. The third-order valence-corrected chi connectivity index (χ3v) is 4.31. The fourth-order valence-electron chi connectivity index (χ4n) is 3.20. The van der Waals surface area contributed by atoms with Gasteiger partial charge in [0.15, 0.2) is 0 Å². The Morgan fingerprint density at radius 3 is 2.88 bits per heavy atom. The minimum Gasteiger partial charge on any atom is -0.481 e. The quantitative estimate of drug-likeness (QED) is 0.782. The Labute approximate surface area is 143 Å². The Morgan fingerprint density at radius 2 is 2.08 bits per heavy atom. The van der Waals surface area contributed by atoms with Crippen LogP contribution in [0.15, 0.2) is 42.7 Å². The van der Waals surface area contributed by atoms with E-state index in [2.05, 4.69) is 28.0 Å². The molecule has 128 valence electrons. The van der Waals surface area contributed by atoms with Crippen molar-refractivity contribution in [3.8, 4) is 5.88 Å². The zero-order valence-electron chi connectivity index (χ0n) is 14.4. The van der Waals surface area contributed by atoms with Crippen LogP contribution in [0.2, 0.25) is 0 Å². The Balaban J connectivity index is 1.46. The number of likely N-dealkylation sites (N-methyl/N-ethyl adjacent to an activating group) is 1. The highest BCUT2D eigenvalue weighted by molar-refractivity contribution is 5.16. The van der Waals surface area contributed by atoms with Crippen LogP contribution in [0.4, 0.5) is 0 Å². The van der Waals surface area contributed by atoms with E-state index in [0.29, 0.717) is 12.0 Å². The third kappa shape index (κ3) is 4.76. The molecule has 3 rings (SSSR count). The van der Waals surface area contributed by atoms with Gasteiger partial charge in [0, 0.05) is 43.7 Å². The van der Waals surface area contributed by atoms with Crippen LogP contribution < -0.4 is 4.74 Å². The Bertz CT molecular complexity index is 636. The van der Waals surface area contributed by atoms with Gasteiger partial charge in [-0.25, -0.2) is 4.98 Å². The van der Waals surface area contributed by atoms with Crippen molar-refractivity contribution >= 4 is 0 Å². The van der Waals surface area contributed by atoms with Crippen molar-refractivity contribution in [1.29, 1.82) is 0 Å². The average Bonchev–Trinajstić information content (AvgIpc) is 3.02. The second-order valence-electron chi connectivity index (χ2n) is 6.39. The van der Waals surface area contributed by atoms with Gasteiger partial charge in [-0.3, -0.25) is 9.88 Å². The van der Waals surface area contributed by atoms with E-state index < -0.39 is 0 Å². The van der Waals surface area contributed by atoms with E-state index in [-0.39, 0.29) is 6.10 Å². The van der Waals surface area contributed by atoms with Gasteiger partial charge in [-0.2, -0.15) is 0 Å². The first-order valence-electron chi connectivity index (χ1n) is 8.46. The molecule has 1 aliphatic heterocycles. The first-order valence-corrected chi connectivity index (χ1v) is 8.46. The number of nitrogens with zero attached hydrogens (tertiary/aromatic N) is 3. The van der Waals surface area contributed by atoms with Gasteiger partial charge >= 0.3 is 0 Å². The number of ether oxygens (including phenoxy) is 2. The molecule has 0 spiro atoms. The van der Waals surface area contributed by atoms with Gasteiger partial charge in [0.1, 0.15) is 0 Å². The molecule has 2 aromatic heterocycles. The highest BCUT2D eigenvalue weighted by Gasteiger charge is 2.26. The second kappa shape index (κ2) is 8.22. The standard InChI is InChI=1S/C19H25N3O2/c1-22(13-15-5-4-10-20-12-15)14-18-9-8-17(24-18)11-16-6-3-7-19(21-16)23-2/h3-7,10,12,17-18H,8-9,11,13-14H2,1-2H3/t17-,18+/m0/s1. The summed E-state index contributed by atoms with van der Waals surface area (Å²) in [5.41, 5.74) is 2.26. The van der Waals surface area contributed by atoms with Crippen LogP contribution in [0.5, 0.6) is 5.88 Å². The number of methoxy groups -OCH3 is 1. The highest BCUT2D eigenvalue weighted by Crippen LogP contribution is 2.23. The second-order valence-corrected chi connectivity index (χ2v) is 6.39. The molecule has 1 aliphatic rings. The molecule has 1 saturated heterocycles. The van der Waals surface area contributed by atoms with Crippen LogP contribution in [-0.2, 0) is 17.7 Å². The molecular weight excluding hydrogens is 302 g/mol. The minimum absolute atomic E-state index is 0.251. The number of rotatable bonds is 7. The molecule has 24 heavy (non-hydrogen) atoms. The monoisotopic (exact) mass is 327 g/mol. The predicted octanol–water partition coefficient (Wildman–Crippen LogP) is 2.71. The summed E-state index contributed by atoms with van der Waals surface area (Å²) in [7, 11) is 3.78. The summed E-state index contributed by atoms with van der Waals surface area (Å²) in [5, 5.41) is 0. The van der Waals surface area contributed by atoms with E-state index in [9.17, 15) is 0 Å². The summed E-state index contributed by atoms with van der Waals surface area (Å²) in [5.74, 6) is 0.665. The Hall–Kier alpha value is -1.98. The molecule has 5 nitrogen and oxygen atoms in total. The minimum atomic E-state index is 0.251. The molecular formula is C19H25N3O2. The molecule has 0 radical (unpaired) electrons. The van der Waals surface area contributed by atoms with Crippen molar-refractivity contribution in [2.24, 2.45) is 0 Å². The van der Waals surface area contributed by atoms with Crippen LogP contribution in [0.25, 0.3) is 0 Å². The lowest BCUT2D eigenvalue weighted by molar-refractivity contribution is 0.0262. The topological polar surface area (TPSA) is 47.5 Å². The highest BCUT2D eigenvalue weighted by atomic mass is 16.5. The summed E-state index contributed by atoms with van der Waals surface area (Å²) in [4.78, 5) is 10.9. The van der Waals surface area contributed by atoms with E-state index >= 15 is 0 Å². The van der Waals surface area contributed by atoms with E-state index in [1.807, 2.05) is 30.5 Å². The number of hydrogen-bond donors (Lipinski definition) is 0. The molecule has 0 aromatic carbocycles. The maximum absolute atomic E-state index is 6.21. The number of pyridine rings is 2. The molecule has 3 heterocycles. The van der Waals surface area contributed by atoms with Gasteiger partial charge in [-0.05, 0) is 37.6 Å². The smallest absolute Gasteiger partial charge is 0.213 e. The lowest BCUT2D eigenvalue weighted by atomic mass is 10.1. The molecule has 2 atom stereocenters. The van der Waals surface area contributed by atoms with Crippen LogP contribution >= 0.6 is 0 Å². The molecule has 0 aliphatic carbocycles.